The van der Waals surface area contributed by atoms with E-state index in [9.17, 15) is 8.42 Å². The highest BCUT2D eigenvalue weighted by Gasteiger charge is 2.14. The fourth-order valence-electron chi connectivity index (χ4n) is 3.81. The number of aryl methyl sites for hydroxylation is 1. The third-order valence-corrected chi connectivity index (χ3v) is 6.98. The van der Waals surface area contributed by atoms with Crippen LogP contribution in [0.15, 0.2) is 125 Å². The molecule has 7 heteroatoms. The minimum absolute atomic E-state index is 0.155. The van der Waals surface area contributed by atoms with E-state index < -0.39 is 10.0 Å². The maximum Gasteiger partial charge on any atom is 0.276 e. The lowest BCUT2D eigenvalue weighted by Crippen LogP contribution is -2.18. The Bertz CT molecular complexity index is 1590. The van der Waals surface area contributed by atoms with Crippen molar-refractivity contribution in [2.75, 3.05) is 0 Å². The van der Waals surface area contributed by atoms with Gasteiger partial charge >= 0.3 is 0 Å². The number of para-hydroxylation sites is 1. The number of nitrogens with zero attached hydrogens (tertiary/aromatic N) is 3. The van der Waals surface area contributed by atoms with E-state index in [2.05, 4.69) is 22.1 Å². The molecular formula is C29H24N4O2S. The van der Waals surface area contributed by atoms with Crippen molar-refractivity contribution in [3.05, 3.63) is 127 Å². The van der Waals surface area contributed by atoms with E-state index in [1.165, 1.54) is 6.21 Å². The van der Waals surface area contributed by atoms with Gasteiger partial charge in [0.15, 0.2) is 0 Å². The average Bonchev–Trinajstić information content (AvgIpc) is 3.34. The highest BCUT2D eigenvalue weighted by Crippen LogP contribution is 2.26. The van der Waals surface area contributed by atoms with Crippen LogP contribution in [0.25, 0.3) is 28.1 Å². The second-order valence-corrected chi connectivity index (χ2v) is 9.98. The van der Waals surface area contributed by atoms with Crippen molar-refractivity contribution >= 4 is 16.2 Å². The van der Waals surface area contributed by atoms with Crippen LogP contribution in [-0.4, -0.2) is 24.4 Å². The monoisotopic (exact) mass is 492 g/mol. The Morgan fingerprint density at radius 1 is 0.750 bits per heavy atom. The van der Waals surface area contributed by atoms with Gasteiger partial charge in [0.05, 0.1) is 16.8 Å². The normalized spacial score (nSPS) is 11.6. The summed E-state index contributed by atoms with van der Waals surface area (Å²) in [7, 11) is -3.78. The first-order valence-electron chi connectivity index (χ1n) is 11.4. The lowest BCUT2D eigenvalue weighted by Gasteiger charge is -2.05. The van der Waals surface area contributed by atoms with Crippen molar-refractivity contribution < 1.29 is 8.42 Å². The zero-order valence-electron chi connectivity index (χ0n) is 19.6. The molecule has 6 nitrogen and oxygen atoms in total. The van der Waals surface area contributed by atoms with Crippen molar-refractivity contribution in [1.82, 2.24) is 14.6 Å². The molecule has 0 radical (unpaired) electrons. The molecule has 5 rings (SSSR count). The number of hydrazone groups is 1. The lowest BCUT2D eigenvalue weighted by molar-refractivity contribution is 0.584. The summed E-state index contributed by atoms with van der Waals surface area (Å²) >= 11 is 0. The standard InChI is InChI=1S/C29H24N4O2S/c1-22-12-18-28(19-13-22)36(34,35)32-30-20-26-21-33(27-10-6-3-7-11-27)31-29(26)25-16-14-24(15-17-25)23-8-4-2-5-9-23/h2-21,32H,1H3/b30-20+. The van der Waals surface area contributed by atoms with Gasteiger partial charge in [0.2, 0.25) is 0 Å². The molecule has 0 saturated carbocycles. The van der Waals surface area contributed by atoms with E-state index >= 15 is 0 Å². The molecule has 0 saturated heterocycles. The number of nitrogens with one attached hydrogen (secondary N) is 1. The molecule has 0 aliphatic rings. The molecule has 4 aromatic carbocycles. The summed E-state index contributed by atoms with van der Waals surface area (Å²) in [6.07, 6.45) is 3.32. The molecule has 0 unspecified atom stereocenters. The minimum Gasteiger partial charge on any atom is -0.240 e. The third-order valence-electron chi connectivity index (χ3n) is 5.74. The van der Waals surface area contributed by atoms with Gasteiger partial charge in [-0.25, -0.2) is 9.51 Å². The summed E-state index contributed by atoms with van der Waals surface area (Å²) in [5.41, 5.74) is 6.36. The molecule has 0 bridgehead atoms. The predicted molar refractivity (Wildman–Crippen MR) is 144 cm³/mol. The van der Waals surface area contributed by atoms with Crippen LogP contribution in [0, 0.1) is 6.92 Å². The van der Waals surface area contributed by atoms with E-state index in [1.807, 2.05) is 85.9 Å². The number of hydrogen-bond donors (Lipinski definition) is 1. The fourth-order valence-corrected chi connectivity index (χ4v) is 4.60. The van der Waals surface area contributed by atoms with Crippen LogP contribution in [0.2, 0.25) is 0 Å². The minimum atomic E-state index is -3.78. The molecule has 5 aromatic rings. The van der Waals surface area contributed by atoms with Crippen LogP contribution in [0.1, 0.15) is 11.1 Å². The van der Waals surface area contributed by atoms with E-state index in [-0.39, 0.29) is 4.90 Å². The summed E-state index contributed by atoms with van der Waals surface area (Å²) in [5, 5.41) is 8.84. The second kappa shape index (κ2) is 10.0. The Morgan fingerprint density at radius 3 is 2.00 bits per heavy atom. The Labute approximate surface area is 210 Å². The van der Waals surface area contributed by atoms with Gasteiger partial charge in [0.25, 0.3) is 10.0 Å². The van der Waals surface area contributed by atoms with Crippen LogP contribution < -0.4 is 4.83 Å². The first-order chi connectivity index (χ1) is 17.5. The largest absolute Gasteiger partial charge is 0.276 e. The molecule has 0 spiro atoms. The molecule has 1 aromatic heterocycles. The van der Waals surface area contributed by atoms with Gasteiger partial charge in [0, 0.05) is 17.3 Å². The second-order valence-electron chi connectivity index (χ2n) is 8.32. The SMILES string of the molecule is Cc1ccc(S(=O)(=O)N/N=C/c2cn(-c3ccccc3)nc2-c2ccc(-c3ccccc3)cc2)cc1. The Morgan fingerprint density at radius 2 is 1.33 bits per heavy atom. The van der Waals surface area contributed by atoms with Crippen molar-refractivity contribution in [3.8, 4) is 28.1 Å². The lowest BCUT2D eigenvalue weighted by atomic mass is 10.0. The first kappa shape index (κ1) is 23.3. The highest BCUT2D eigenvalue weighted by atomic mass is 32.2. The predicted octanol–water partition coefficient (Wildman–Crippen LogP) is 5.83. The van der Waals surface area contributed by atoms with Crippen LogP contribution >= 0.6 is 0 Å². The van der Waals surface area contributed by atoms with Crippen LogP contribution in [0.5, 0.6) is 0 Å². The van der Waals surface area contributed by atoms with Crippen molar-refractivity contribution in [3.63, 3.8) is 0 Å². The van der Waals surface area contributed by atoms with Crippen LogP contribution in [0.3, 0.4) is 0 Å². The van der Waals surface area contributed by atoms with Gasteiger partial charge in [0.1, 0.15) is 5.69 Å². The molecule has 1 N–H and O–H groups in total. The van der Waals surface area contributed by atoms with E-state index in [0.29, 0.717) is 11.3 Å². The van der Waals surface area contributed by atoms with Gasteiger partial charge < -0.3 is 0 Å². The fraction of sp³-hybridized carbons (Fsp3) is 0.0345. The van der Waals surface area contributed by atoms with Gasteiger partial charge in [-0.15, -0.1) is 0 Å². The molecule has 36 heavy (non-hydrogen) atoms. The van der Waals surface area contributed by atoms with Crippen LogP contribution in [-0.2, 0) is 10.0 Å². The summed E-state index contributed by atoms with van der Waals surface area (Å²) in [6, 6.07) is 34.6. The van der Waals surface area contributed by atoms with E-state index in [4.69, 9.17) is 5.10 Å². The molecule has 0 atom stereocenters. The van der Waals surface area contributed by atoms with Gasteiger partial charge in [-0.05, 0) is 42.3 Å². The summed E-state index contributed by atoms with van der Waals surface area (Å²) in [6.45, 7) is 1.90. The maximum atomic E-state index is 12.6. The van der Waals surface area contributed by atoms with E-state index in [0.717, 1.165) is 27.9 Å². The zero-order valence-corrected chi connectivity index (χ0v) is 20.4. The third kappa shape index (κ3) is 5.11. The van der Waals surface area contributed by atoms with Gasteiger partial charge in [-0.3, -0.25) is 0 Å². The molecule has 0 aliphatic carbocycles. The topological polar surface area (TPSA) is 76.3 Å². The molecule has 1 heterocycles. The smallest absolute Gasteiger partial charge is 0.240 e. The number of hydrogen-bond acceptors (Lipinski definition) is 4. The quantitative estimate of drug-likeness (QED) is 0.229. The Hall–Kier alpha value is -4.49. The molecule has 0 amide bonds. The van der Waals surface area contributed by atoms with Gasteiger partial charge in [-0.2, -0.15) is 18.6 Å². The van der Waals surface area contributed by atoms with Gasteiger partial charge in [-0.1, -0.05) is 90.5 Å². The van der Waals surface area contributed by atoms with Crippen molar-refractivity contribution in [2.45, 2.75) is 11.8 Å². The molecule has 0 aliphatic heterocycles. The summed E-state index contributed by atoms with van der Waals surface area (Å²) in [5.74, 6) is 0. The number of aromatic nitrogens is 2. The Kier molecular flexibility index (Phi) is 6.47. The highest BCUT2D eigenvalue weighted by molar-refractivity contribution is 7.89. The number of benzene rings is 4. The zero-order chi connectivity index (χ0) is 25.0. The summed E-state index contributed by atoms with van der Waals surface area (Å²) in [4.78, 5) is 2.46. The van der Waals surface area contributed by atoms with Crippen LogP contribution in [0.4, 0.5) is 0 Å². The number of sulfonamides is 1. The molecule has 178 valence electrons. The van der Waals surface area contributed by atoms with Crippen molar-refractivity contribution in [2.24, 2.45) is 5.10 Å². The average molecular weight is 493 g/mol. The van der Waals surface area contributed by atoms with Crippen molar-refractivity contribution in [1.29, 1.82) is 0 Å². The summed E-state index contributed by atoms with van der Waals surface area (Å²) < 4.78 is 27.0. The van der Waals surface area contributed by atoms with E-state index in [1.54, 1.807) is 28.9 Å². The number of rotatable bonds is 7. The first-order valence-corrected chi connectivity index (χ1v) is 12.9. The molecule has 0 fully saturated rings. The molecular weight excluding hydrogens is 468 g/mol. The maximum absolute atomic E-state index is 12.6. The Balaban J connectivity index is 1.47.